The van der Waals surface area contributed by atoms with Gasteiger partial charge in [-0.15, -0.1) is 12.4 Å². The number of hydrogen-bond acceptors (Lipinski definition) is 2. The lowest BCUT2D eigenvalue weighted by atomic mass is 9.86. The van der Waals surface area contributed by atoms with Gasteiger partial charge in [0, 0.05) is 0 Å². The molecular formula is C22H24ClNO. The molecule has 0 aliphatic heterocycles. The lowest BCUT2D eigenvalue weighted by molar-refractivity contribution is 0.0884. The second kappa shape index (κ2) is 6.80. The Morgan fingerprint density at radius 3 is 2.08 bits per heavy atom. The van der Waals surface area contributed by atoms with E-state index in [4.69, 9.17) is 5.73 Å². The number of rotatable bonds is 4. The number of benzene rings is 4. The van der Waals surface area contributed by atoms with E-state index in [-0.39, 0.29) is 24.4 Å². The van der Waals surface area contributed by atoms with Gasteiger partial charge in [0.15, 0.2) is 0 Å². The molecule has 4 rings (SSSR count). The maximum atomic E-state index is 10.6. The Morgan fingerprint density at radius 1 is 0.880 bits per heavy atom. The molecule has 3 atom stereocenters. The Kier molecular flexibility index (Phi) is 4.88. The zero-order valence-electron chi connectivity index (χ0n) is 14.6. The van der Waals surface area contributed by atoms with Gasteiger partial charge in [0.2, 0.25) is 0 Å². The fourth-order valence-electron chi connectivity index (χ4n) is 3.83. The van der Waals surface area contributed by atoms with Gasteiger partial charge >= 0.3 is 0 Å². The van der Waals surface area contributed by atoms with Crippen molar-refractivity contribution in [3.8, 4) is 0 Å². The number of nitrogens with two attached hydrogens (primary N) is 1. The van der Waals surface area contributed by atoms with E-state index in [1.807, 2.05) is 0 Å². The molecule has 0 aliphatic rings. The van der Waals surface area contributed by atoms with Gasteiger partial charge in [-0.1, -0.05) is 74.9 Å². The Balaban J connectivity index is 0.00000182. The van der Waals surface area contributed by atoms with Crippen LogP contribution < -0.4 is 5.73 Å². The van der Waals surface area contributed by atoms with Gasteiger partial charge in [-0.3, -0.25) is 0 Å². The van der Waals surface area contributed by atoms with Crippen molar-refractivity contribution in [3.05, 3.63) is 60.2 Å². The summed E-state index contributed by atoms with van der Waals surface area (Å²) in [7, 11) is 0. The van der Waals surface area contributed by atoms with E-state index < -0.39 is 6.10 Å². The van der Waals surface area contributed by atoms with Crippen LogP contribution in [0.15, 0.2) is 54.6 Å². The van der Waals surface area contributed by atoms with Gasteiger partial charge < -0.3 is 10.8 Å². The highest BCUT2D eigenvalue weighted by Crippen LogP contribution is 2.38. The van der Waals surface area contributed by atoms with Crippen LogP contribution in [0.4, 0.5) is 0 Å². The van der Waals surface area contributed by atoms with Gasteiger partial charge in [0.25, 0.3) is 0 Å². The molecule has 0 spiro atoms. The van der Waals surface area contributed by atoms with Crippen molar-refractivity contribution in [2.24, 2.45) is 11.7 Å². The summed E-state index contributed by atoms with van der Waals surface area (Å²) in [6, 6.07) is 18.9. The van der Waals surface area contributed by atoms with Crippen LogP contribution >= 0.6 is 12.4 Å². The quantitative estimate of drug-likeness (QED) is 0.482. The van der Waals surface area contributed by atoms with Crippen LogP contribution in [0.3, 0.4) is 0 Å². The zero-order valence-corrected chi connectivity index (χ0v) is 15.4. The van der Waals surface area contributed by atoms with Crippen LogP contribution in [-0.2, 0) is 0 Å². The van der Waals surface area contributed by atoms with Crippen LogP contribution in [0, 0.1) is 5.92 Å². The van der Waals surface area contributed by atoms with Crippen molar-refractivity contribution in [3.63, 3.8) is 0 Å². The summed E-state index contributed by atoms with van der Waals surface area (Å²) >= 11 is 0. The first kappa shape index (κ1) is 17.9. The van der Waals surface area contributed by atoms with Crippen molar-refractivity contribution in [2.75, 3.05) is 0 Å². The average molecular weight is 354 g/mol. The largest absolute Gasteiger partial charge is 0.391 e. The van der Waals surface area contributed by atoms with Crippen LogP contribution in [0.25, 0.3) is 32.3 Å². The first-order valence-electron chi connectivity index (χ1n) is 8.72. The summed E-state index contributed by atoms with van der Waals surface area (Å²) in [4.78, 5) is 0. The summed E-state index contributed by atoms with van der Waals surface area (Å²) < 4.78 is 0. The second-order valence-corrected chi connectivity index (χ2v) is 6.91. The highest BCUT2D eigenvalue weighted by molar-refractivity contribution is 6.23. The standard InChI is InChI=1S/C22H23NO.ClH/c1-3-13(2)22(24)21(23)18-12-10-16-8-7-14-5-4-6-15-9-11-17(18)20(16)19(14)15;/h4-13,21-22,24H,3,23H2,1-2H3;1H/t13?,21-,22+;/m1./s1. The first-order chi connectivity index (χ1) is 11.6. The summed E-state index contributed by atoms with van der Waals surface area (Å²) in [5.41, 5.74) is 7.50. The van der Waals surface area contributed by atoms with Crippen LogP contribution in [-0.4, -0.2) is 11.2 Å². The summed E-state index contributed by atoms with van der Waals surface area (Å²) in [5, 5.41) is 18.0. The third kappa shape index (κ3) is 2.75. The van der Waals surface area contributed by atoms with Gasteiger partial charge in [0.05, 0.1) is 12.1 Å². The van der Waals surface area contributed by atoms with Crippen molar-refractivity contribution in [2.45, 2.75) is 32.4 Å². The molecule has 0 fully saturated rings. The van der Waals surface area contributed by atoms with Gasteiger partial charge in [0.1, 0.15) is 0 Å². The first-order valence-corrected chi connectivity index (χ1v) is 8.72. The van der Waals surface area contributed by atoms with Gasteiger partial charge in [-0.05, 0) is 43.8 Å². The molecule has 3 heteroatoms. The van der Waals surface area contributed by atoms with Crippen LogP contribution in [0.2, 0.25) is 0 Å². The maximum Gasteiger partial charge on any atom is 0.0758 e. The SMILES string of the molecule is CCC(C)[C@H](O)[C@H](N)c1ccc2ccc3cccc4ccc1c2c34.Cl. The molecular weight excluding hydrogens is 330 g/mol. The lowest BCUT2D eigenvalue weighted by Crippen LogP contribution is -2.31. The maximum absolute atomic E-state index is 10.6. The number of hydrogen-bond donors (Lipinski definition) is 2. The van der Waals surface area contributed by atoms with Crippen molar-refractivity contribution in [1.29, 1.82) is 0 Å². The normalized spacial score (nSPS) is 15.4. The predicted octanol–water partition coefficient (Wildman–Crippen LogP) is 5.41. The smallest absolute Gasteiger partial charge is 0.0758 e. The molecule has 25 heavy (non-hydrogen) atoms. The minimum absolute atomic E-state index is 0. The molecule has 3 N–H and O–H groups in total. The highest BCUT2D eigenvalue weighted by Gasteiger charge is 2.24. The van der Waals surface area contributed by atoms with Crippen LogP contribution in [0.5, 0.6) is 0 Å². The third-order valence-corrected chi connectivity index (χ3v) is 5.52. The van der Waals surface area contributed by atoms with Crippen molar-refractivity contribution < 1.29 is 5.11 Å². The van der Waals surface area contributed by atoms with Crippen molar-refractivity contribution >= 4 is 44.7 Å². The van der Waals surface area contributed by atoms with E-state index in [0.717, 1.165) is 17.4 Å². The van der Waals surface area contributed by atoms with E-state index >= 15 is 0 Å². The van der Waals surface area contributed by atoms with E-state index in [2.05, 4.69) is 68.4 Å². The topological polar surface area (TPSA) is 46.2 Å². The minimum atomic E-state index is -0.534. The molecule has 0 amide bonds. The Labute approximate surface area is 154 Å². The van der Waals surface area contributed by atoms with E-state index in [1.54, 1.807) is 0 Å². The molecule has 0 bridgehead atoms. The van der Waals surface area contributed by atoms with E-state index in [9.17, 15) is 5.11 Å². The summed E-state index contributed by atoms with van der Waals surface area (Å²) in [6.45, 7) is 4.14. The van der Waals surface area contributed by atoms with E-state index in [0.29, 0.717) is 0 Å². The lowest BCUT2D eigenvalue weighted by Gasteiger charge is -2.26. The number of halogens is 1. The Bertz CT molecular complexity index is 997. The monoisotopic (exact) mass is 353 g/mol. The molecule has 4 aromatic rings. The van der Waals surface area contributed by atoms with Crippen LogP contribution in [0.1, 0.15) is 31.9 Å². The zero-order chi connectivity index (χ0) is 16.8. The number of aliphatic hydroxyl groups is 1. The second-order valence-electron chi connectivity index (χ2n) is 6.91. The summed E-state index contributed by atoms with van der Waals surface area (Å²) in [6.07, 6.45) is 0.384. The molecule has 0 heterocycles. The van der Waals surface area contributed by atoms with Crippen molar-refractivity contribution in [1.82, 2.24) is 0 Å². The Hall–Kier alpha value is -1.87. The summed E-state index contributed by atoms with van der Waals surface area (Å²) in [5.74, 6) is 0.179. The molecule has 0 saturated heterocycles. The fourth-order valence-corrected chi connectivity index (χ4v) is 3.83. The molecule has 0 saturated carbocycles. The molecule has 2 nitrogen and oxygen atoms in total. The highest BCUT2D eigenvalue weighted by atomic mass is 35.5. The third-order valence-electron chi connectivity index (χ3n) is 5.52. The van der Waals surface area contributed by atoms with E-state index in [1.165, 1.54) is 26.9 Å². The molecule has 0 aliphatic carbocycles. The molecule has 0 aromatic heterocycles. The van der Waals surface area contributed by atoms with Gasteiger partial charge in [-0.2, -0.15) is 0 Å². The minimum Gasteiger partial charge on any atom is -0.391 e. The molecule has 4 aromatic carbocycles. The number of aliphatic hydroxyl groups excluding tert-OH is 1. The van der Waals surface area contributed by atoms with Gasteiger partial charge in [-0.25, -0.2) is 0 Å². The molecule has 1 unspecified atom stereocenters. The fraction of sp³-hybridized carbons (Fsp3) is 0.273. The average Bonchev–Trinajstić information content (AvgIpc) is 2.64. The predicted molar refractivity (Wildman–Crippen MR) is 110 cm³/mol. The molecule has 130 valence electrons. The Morgan fingerprint density at radius 2 is 1.44 bits per heavy atom. The molecule has 0 radical (unpaired) electrons.